The Morgan fingerprint density at radius 2 is 1.95 bits per heavy atom. The van der Waals surface area contributed by atoms with E-state index in [0.717, 1.165) is 32.5 Å². The van der Waals surface area contributed by atoms with Gasteiger partial charge in [0.05, 0.1) is 12.5 Å². The van der Waals surface area contributed by atoms with Gasteiger partial charge in [0.2, 0.25) is 5.91 Å². The van der Waals surface area contributed by atoms with Crippen molar-refractivity contribution in [2.75, 3.05) is 20.2 Å². The van der Waals surface area contributed by atoms with Crippen molar-refractivity contribution in [1.29, 1.82) is 0 Å². The number of carbonyl (C=O) groups is 1. The Balaban J connectivity index is 1.87. The summed E-state index contributed by atoms with van der Waals surface area (Å²) in [7, 11) is 1.48. The Labute approximate surface area is 114 Å². The molecule has 1 aromatic carbocycles. The van der Waals surface area contributed by atoms with Crippen molar-refractivity contribution >= 4 is 5.91 Å². The monoisotopic (exact) mass is 262 g/mol. The summed E-state index contributed by atoms with van der Waals surface area (Å²) in [6.45, 7) is 4.87. The van der Waals surface area contributed by atoms with Crippen LogP contribution in [0.1, 0.15) is 25.3 Å². The SMILES string of the molecule is CONC(=O)C1(C)CCN(Cc2ccccc2)CC1. The van der Waals surface area contributed by atoms with Gasteiger partial charge in [-0.2, -0.15) is 0 Å². The standard InChI is InChI=1S/C15H22N2O2/c1-15(14(18)16-19-2)8-10-17(11-9-15)12-13-6-4-3-5-7-13/h3-7H,8-12H2,1-2H3,(H,16,18). The van der Waals surface area contributed by atoms with Crippen LogP contribution in [0.25, 0.3) is 0 Å². The van der Waals surface area contributed by atoms with E-state index in [-0.39, 0.29) is 11.3 Å². The van der Waals surface area contributed by atoms with Crippen LogP contribution < -0.4 is 5.48 Å². The number of benzene rings is 1. The van der Waals surface area contributed by atoms with Gasteiger partial charge in [0.1, 0.15) is 0 Å². The molecule has 0 aromatic heterocycles. The molecule has 4 heteroatoms. The summed E-state index contributed by atoms with van der Waals surface area (Å²) < 4.78 is 0. The molecule has 1 aromatic rings. The van der Waals surface area contributed by atoms with Gasteiger partial charge in [0, 0.05) is 6.54 Å². The maximum atomic E-state index is 11.9. The van der Waals surface area contributed by atoms with Crippen molar-refractivity contribution in [3.05, 3.63) is 35.9 Å². The highest BCUT2D eigenvalue weighted by Crippen LogP contribution is 2.31. The second-order valence-corrected chi connectivity index (χ2v) is 5.46. The van der Waals surface area contributed by atoms with Gasteiger partial charge in [-0.3, -0.25) is 14.5 Å². The molecule has 0 saturated carbocycles. The van der Waals surface area contributed by atoms with Crippen LogP contribution in [0.5, 0.6) is 0 Å². The lowest BCUT2D eigenvalue weighted by Crippen LogP contribution is -2.46. The average molecular weight is 262 g/mol. The highest BCUT2D eigenvalue weighted by molar-refractivity contribution is 5.81. The molecule has 0 spiro atoms. The molecule has 1 aliphatic heterocycles. The lowest BCUT2D eigenvalue weighted by Gasteiger charge is -2.37. The number of nitrogens with one attached hydrogen (secondary N) is 1. The van der Waals surface area contributed by atoms with Crippen LogP contribution in [0, 0.1) is 5.41 Å². The molecular weight excluding hydrogens is 240 g/mol. The molecule has 19 heavy (non-hydrogen) atoms. The van der Waals surface area contributed by atoms with Crippen LogP contribution >= 0.6 is 0 Å². The summed E-state index contributed by atoms with van der Waals surface area (Å²) >= 11 is 0. The number of piperidine rings is 1. The summed E-state index contributed by atoms with van der Waals surface area (Å²) in [6.07, 6.45) is 1.74. The van der Waals surface area contributed by atoms with E-state index in [2.05, 4.69) is 34.6 Å². The van der Waals surface area contributed by atoms with E-state index >= 15 is 0 Å². The molecule has 0 bridgehead atoms. The fourth-order valence-corrected chi connectivity index (χ4v) is 2.49. The molecule has 2 rings (SSSR count). The zero-order valence-corrected chi connectivity index (χ0v) is 11.7. The van der Waals surface area contributed by atoms with Crippen LogP contribution in [0.3, 0.4) is 0 Å². The van der Waals surface area contributed by atoms with Crippen molar-refractivity contribution < 1.29 is 9.63 Å². The first-order chi connectivity index (χ1) is 9.14. The van der Waals surface area contributed by atoms with E-state index in [1.54, 1.807) is 0 Å². The first-order valence-electron chi connectivity index (χ1n) is 6.74. The van der Waals surface area contributed by atoms with E-state index in [9.17, 15) is 4.79 Å². The number of hydrogen-bond acceptors (Lipinski definition) is 3. The van der Waals surface area contributed by atoms with Gasteiger partial charge in [0.15, 0.2) is 0 Å². The summed E-state index contributed by atoms with van der Waals surface area (Å²) in [5, 5.41) is 0. The number of amides is 1. The van der Waals surface area contributed by atoms with Crippen molar-refractivity contribution in [1.82, 2.24) is 10.4 Å². The number of nitrogens with zero attached hydrogens (tertiary/aromatic N) is 1. The number of carbonyl (C=O) groups excluding carboxylic acids is 1. The summed E-state index contributed by atoms with van der Waals surface area (Å²) in [6, 6.07) is 10.5. The zero-order chi connectivity index (χ0) is 13.7. The molecule has 1 heterocycles. The molecule has 1 fully saturated rings. The number of likely N-dealkylation sites (tertiary alicyclic amines) is 1. The number of hydrogen-bond donors (Lipinski definition) is 1. The van der Waals surface area contributed by atoms with Crippen LogP contribution in [0.2, 0.25) is 0 Å². The van der Waals surface area contributed by atoms with Gasteiger partial charge in [-0.05, 0) is 31.5 Å². The van der Waals surface area contributed by atoms with E-state index in [4.69, 9.17) is 4.84 Å². The van der Waals surface area contributed by atoms with Crippen molar-refractivity contribution in [3.63, 3.8) is 0 Å². The molecule has 0 atom stereocenters. The lowest BCUT2D eigenvalue weighted by atomic mass is 9.79. The molecule has 4 nitrogen and oxygen atoms in total. The van der Waals surface area contributed by atoms with Crippen molar-refractivity contribution in [3.8, 4) is 0 Å². The van der Waals surface area contributed by atoms with E-state index in [0.29, 0.717) is 0 Å². The Morgan fingerprint density at radius 1 is 1.32 bits per heavy atom. The highest BCUT2D eigenvalue weighted by Gasteiger charge is 2.36. The van der Waals surface area contributed by atoms with E-state index < -0.39 is 0 Å². The first-order valence-corrected chi connectivity index (χ1v) is 6.74. The molecule has 1 aliphatic rings. The van der Waals surface area contributed by atoms with Gasteiger partial charge >= 0.3 is 0 Å². The highest BCUT2D eigenvalue weighted by atomic mass is 16.6. The zero-order valence-electron chi connectivity index (χ0n) is 11.7. The minimum absolute atomic E-state index is 0.00522. The largest absolute Gasteiger partial charge is 0.299 e. The van der Waals surface area contributed by atoms with Gasteiger partial charge in [-0.25, -0.2) is 5.48 Å². The molecule has 0 radical (unpaired) electrons. The Morgan fingerprint density at radius 3 is 2.53 bits per heavy atom. The summed E-state index contributed by atoms with van der Waals surface area (Å²) in [4.78, 5) is 19.1. The Bertz CT molecular complexity index is 411. The van der Waals surface area contributed by atoms with E-state index in [1.165, 1.54) is 12.7 Å². The van der Waals surface area contributed by atoms with Crippen LogP contribution in [-0.2, 0) is 16.2 Å². The molecule has 1 saturated heterocycles. The predicted molar refractivity (Wildman–Crippen MR) is 74.2 cm³/mol. The average Bonchev–Trinajstić information content (AvgIpc) is 2.43. The molecule has 0 unspecified atom stereocenters. The first kappa shape index (κ1) is 14.0. The van der Waals surface area contributed by atoms with Gasteiger partial charge in [-0.1, -0.05) is 37.3 Å². The van der Waals surface area contributed by atoms with Crippen molar-refractivity contribution in [2.45, 2.75) is 26.3 Å². The lowest BCUT2D eigenvalue weighted by molar-refractivity contribution is -0.143. The fraction of sp³-hybridized carbons (Fsp3) is 0.533. The maximum absolute atomic E-state index is 11.9. The van der Waals surface area contributed by atoms with Crippen LogP contribution in [0.15, 0.2) is 30.3 Å². The molecule has 1 amide bonds. The maximum Gasteiger partial charge on any atom is 0.249 e. The minimum atomic E-state index is -0.302. The molecule has 1 N–H and O–H groups in total. The second-order valence-electron chi connectivity index (χ2n) is 5.46. The summed E-state index contributed by atoms with van der Waals surface area (Å²) in [5.41, 5.74) is 3.49. The minimum Gasteiger partial charge on any atom is -0.299 e. The normalized spacial score (nSPS) is 19.1. The van der Waals surface area contributed by atoms with Gasteiger partial charge in [-0.15, -0.1) is 0 Å². The Kier molecular flexibility index (Phi) is 4.56. The van der Waals surface area contributed by atoms with Crippen LogP contribution in [-0.4, -0.2) is 31.0 Å². The topological polar surface area (TPSA) is 41.6 Å². The predicted octanol–water partition coefficient (Wildman–Crippen LogP) is 1.97. The number of rotatable bonds is 4. The smallest absolute Gasteiger partial charge is 0.249 e. The molecule has 104 valence electrons. The Hall–Kier alpha value is -1.39. The summed E-state index contributed by atoms with van der Waals surface area (Å²) in [5.74, 6) is -0.00522. The van der Waals surface area contributed by atoms with Crippen LogP contribution in [0.4, 0.5) is 0 Å². The van der Waals surface area contributed by atoms with Gasteiger partial charge in [0.25, 0.3) is 0 Å². The third kappa shape index (κ3) is 3.55. The third-order valence-corrected chi connectivity index (χ3v) is 3.95. The van der Waals surface area contributed by atoms with Gasteiger partial charge < -0.3 is 0 Å². The fourth-order valence-electron chi connectivity index (χ4n) is 2.49. The van der Waals surface area contributed by atoms with Crippen molar-refractivity contribution in [2.24, 2.45) is 5.41 Å². The quantitative estimate of drug-likeness (QED) is 0.843. The third-order valence-electron chi connectivity index (χ3n) is 3.95. The number of hydroxylamine groups is 1. The second kappa shape index (κ2) is 6.17. The molecule has 0 aliphatic carbocycles. The van der Waals surface area contributed by atoms with E-state index in [1.807, 2.05) is 13.0 Å². The molecular formula is C15H22N2O2.